The Hall–Kier alpha value is -2.16. The Morgan fingerprint density at radius 2 is 1.56 bits per heavy atom. The lowest BCUT2D eigenvalue weighted by molar-refractivity contribution is -0.137. The van der Waals surface area contributed by atoms with Gasteiger partial charge in [0.05, 0.1) is 11.4 Å². The first kappa shape index (κ1) is 23.0. The van der Waals surface area contributed by atoms with E-state index >= 15 is 0 Å². The van der Waals surface area contributed by atoms with Gasteiger partial charge in [-0.25, -0.2) is 17.1 Å². The third kappa shape index (κ3) is 5.08. The van der Waals surface area contributed by atoms with Gasteiger partial charge in [0.15, 0.2) is 0 Å². The minimum absolute atomic E-state index is 0.0707. The maximum atomic E-state index is 14.0. The number of para-hydroxylation sites is 1. The molecule has 0 aromatic heterocycles. The van der Waals surface area contributed by atoms with Crippen molar-refractivity contribution in [3.8, 4) is 0 Å². The van der Waals surface area contributed by atoms with E-state index in [1.165, 1.54) is 10.4 Å². The Morgan fingerprint density at radius 3 is 2.22 bits per heavy atom. The summed E-state index contributed by atoms with van der Waals surface area (Å²) < 4.78 is 41.1. The number of amides is 1. The molecule has 0 spiro atoms. The van der Waals surface area contributed by atoms with Crippen LogP contribution in [0.5, 0.6) is 0 Å². The number of carbonyl (C=O) groups excluding carboxylic acids is 1. The topological polar surface area (TPSA) is 60.9 Å². The van der Waals surface area contributed by atoms with E-state index in [9.17, 15) is 17.6 Å². The lowest BCUT2D eigenvalue weighted by Crippen LogP contribution is -2.52. The summed E-state index contributed by atoms with van der Waals surface area (Å²) in [5, 5.41) is 0.440. The minimum Gasteiger partial charge on any atom is -0.366 e. The maximum Gasteiger partial charge on any atom is 0.225 e. The molecule has 2 heterocycles. The van der Waals surface area contributed by atoms with E-state index < -0.39 is 10.0 Å². The van der Waals surface area contributed by atoms with Crippen molar-refractivity contribution >= 4 is 33.2 Å². The summed E-state index contributed by atoms with van der Waals surface area (Å²) in [5.74, 6) is -0.496. The Morgan fingerprint density at radius 1 is 0.938 bits per heavy atom. The molecule has 1 amide bonds. The highest BCUT2D eigenvalue weighted by atomic mass is 35.5. The molecule has 0 saturated carbocycles. The fraction of sp³-hybridized carbons (Fsp3) is 0.435. The van der Waals surface area contributed by atoms with Gasteiger partial charge in [-0.3, -0.25) is 4.79 Å². The number of hydrogen-bond donors (Lipinski definition) is 0. The minimum atomic E-state index is -3.49. The van der Waals surface area contributed by atoms with E-state index in [0.29, 0.717) is 68.4 Å². The molecule has 32 heavy (non-hydrogen) atoms. The number of hydrogen-bond acceptors (Lipinski definition) is 4. The van der Waals surface area contributed by atoms with Crippen LogP contribution in [0.1, 0.15) is 18.4 Å². The molecule has 172 valence electrons. The van der Waals surface area contributed by atoms with E-state index in [4.69, 9.17) is 11.6 Å². The predicted molar refractivity (Wildman–Crippen MR) is 124 cm³/mol. The van der Waals surface area contributed by atoms with Gasteiger partial charge in [-0.1, -0.05) is 41.9 Å². The van der Waals surface area contributed by atoms with Gasteiger partial charge in [-0.2, -0.15) is 0 Å². The molecule has 2 aliphatic heterocycles. The zero-order valence-electron chi connectivity index (χ0n) is 17.8. The van der Waals surface area contributed by atoms with E-state index in [1.807, 2.05) is 15.9 Å². The highest BCUT2D eigenvalue weighted by Crippen LogP contribution is 2.26. The van der Waals surface area contributed by atoms with Crippen molar-refractivity contribution in [3.05, 3.63) is 64.9 Å². The molecule has 2 aromatic carbocycles. The average molecular weight is 480 g/mol. The summed E-state index contributed by atoms with van der Waals surface area (Å²) in [6.07, 6.45) is 1.02. The normalized spacial score (nSPS) is 18.7. The molecule has 6 nitrogen and oxygen atoms in total. The van der Waals surface area contributed by atoms with Crippen LogP contribution in [0.25, 0.3) is 0 Å². The van der Waals surface area contributed by atoms with Gasteiger partial charge in [0.1, 0.15) is 5.82 Å². The molecule has 2 fully saturated rings. The molecular weight excluding hydrogens is 453 g/mol. The fourth-order valence-electron chi connectivity index (χ4n) is 4.42. The molecule has 0 unspecified atom stereocenters. The number of piperidine rings is 1. The Balaban J connectivity index is 1.29. The largest absolute Gasteiger partial charge is 0.366 e. The third-order valence-electron chi connectivity index (χ3n) is 6.28. The van der Waals surface area contributed by atoms with Gasteiger partial charge >= 0.3 is 0 Å². The van der Waals surface area contributed by atoms with Crippen LogP contribution in [-0.4, -0.2) is 62.8 Å². The number of anilines is 1. The monoisotopic (exact) mass is 479 g/mol. The average Bonchev–Trinajstić information content (AvgIpc) is 2.81. The van der Waals surface area contributed by atoms with E-state index in [2.05, 4.69) is 0 Å². The lowest BCUT2D eigenvalue weighted by atomic mass is 9.96. The predicted octanol–water partition coefficient (Wildman–Crippen LogP) is 3.37. The SMILES string of the molecule is O=C(C1CCN(S(=O)(=O)Cc2ccccc2Cl)CC1)N1CCN(c2ccccc2F)CC1. The van der Waals surface area contributed by atoms with Crippen molar-refractivity contribution in [2.45, 2.75) is 18.6 Å². The molecular formula is C23H27ClFN3O3S. The number of halogens is 2. The Kier molecular flexibility index (Phi) is 7.02. The van der Waals surface area contributed by atoms with Crippen LogP contribution in [0, 0.1) is 11.7 Å². The fourth-order valence-corrected chi connectivity index (χ4v) is 6.29. The van der Waals surface area contributed by atoms with Crippen molar-refractivity contribution in [1.29, 1.82) is 0 Å². The molecule has 4 rings (SSSR count). The summed E-state index contributed by atoms with van der Waals surface area (Å²) >= 11 is 6.12. The maximum absolute atomic E-state index is 14.0. The Bertz CT molecular complexity index is 1070. The molecule has 0 N–H and O–H groups in total. The zero-order chi connectivity index (χ0) is 22.7. The standard InChI is InChI=1S/C23H27ClFN3O3S/c24-20-6-2-1-5-19(20)17-32(30,31)28-11-9-18(10-12-28)23(29)27-15-13-26(14-16-27)22-8-4-3-7-21(22)25/h1-8,18H,9-17H2. The summed E-state index contributed by atoms with van der Waals surface area (Å²) in [6.45, 7) is 2.91. The van der Waals surface area contributed by atoms with Crippen LogP contribution < -0.4 is 4.90 Å². The molecule has 2 saturated heterocycles. The smallest absolute Gasteiger partial charge is 0.225 e. The van der Waals surface area contributed by atoms with Crippen molar-refractivity contribution < 1.29 is 17.6 Å². The van der Waals surface area contributed by atoms with E-state index in [0.717, 1.165) is 0 Å². The molecule has 9 heteroatoms. The van der Waals surface area contributed by atoms with Crippen LogP contribution in [-0.2, 0) is 20.6 Å². The number of rotatable bonds is 5. The van der Waals surface area contributed by atoms with Crippen LogP contribution in [0.4, 0.5) is 10.1 Å². The second kappa shape index (κ2) is 9.77. The third-order valence-corrected chi connectivity index (χ3v) is 8.47. The Labute approximate surface area is 193 Å². The van der Waals surface area contributed by atoms with E-state index in [1.54, 1.807) is 36.4 Å². The molecule has 0 atom stereocenters. The van der Waals surface area contributed by atoms with Gasteiger partial charge in [0, 0.05) is 50.2 Å². The lowest BCUT2D eigenvalue weighted by Gasteiger charge is -2.39. The van der Waals surface area contributed by atoms with Crippen LogP contribution >= 0.6 is 11.6 Å². The van der Waals surface area contributed by atoms with Crippen molar-refractivity contribution in [3.63, 3.8) is 0 Å². The van der Waals surface area contributed by atoms with Gasteiger partial charge in [0.2, 0.25) is 15.9 Å². The van der Waals surface area contributed by atoms with Gasteiger partial charge in [-0.15, -0.1) is 0 Å². The van der Waals surface area contributed by atoms with Crippen LogP contribution in [0.2, 0.25) is 5.02 Å². The molecule has 2 aromatic rings. The number of nitrogens with zero attached hydrogens (tertiary/aromatic N) is 3. The van der Waals surface area contributed by atoms with Crippen LogP contribution in [0.15, 0.2) is 48.5 Å². The molecule has 2 aliphatic rings. The van der Waals surface area contributed by atoms with Gasteiger partial charge < -0.3 is 9.80 Å². The molecule has 0 bridgehead atoms. The van der Waals surface area contributed by atoms with Crippen LogP contribution in [0.3, 0.4) is 0 Å². The van der Waals surface area contributed by atoms with Crippen molar-refractivity contribution in [1.82, 2.24) is 9.21 Å². The first-order valence-corrected chi connectivity index (χ1v) is 12.8. The second-order valence-corrected chi connectivity index (χ2v) is 10.7. The number of carbonyl (C=O) groups is 1. The summed E-state index contributed by atoms with van der Waals surface area (Å²) in [4.78, 5) is 16.8. The highest BCUT2D eigenvalue weighted by molar-refractivity contribution is 7.88. The van der Waals surface area contributed by atoms with E-state index in [-0.39, 0.29) is 23.4 Å². The summed E-state index contributed by atoms with van der Waals surface area (Å²) in [6, 6.07) is 13.6. The van der Waals surface area contributed by atoms with Gasteiger partial charge in [-0.05, 0) is 36.6 Å². The quantitative estimate of drug-likeness (QED) is 0.659. The molecule has 0 radical (unpaired) electrons. The zero-order valence-corrected chi connectivity index (χ0v) is 19.4. The van der Waals surface area contributed by atoms with Crippen molar-refractivity contribution in [2.24, 2.45) is 5.92 Å². The highest BCUT2D eigenvalue weighted by Gasteiger charge is 2.34. The molecule has 0 aliphatic carbocycles. The first-order valence-electron chi connectivity index (χ1n) is 10.8. The first-order chi connectivity index (χ1) is 15.3. The van der Waals surface area contributed by atoms with Gasteiger partial charge in [0.25, 0.3) is 0 Å². The number of sulfonamides is 1. The van der Waals surface area contributed by atoms with Crippen molar-refractivity contribution in [2.75, 3.05) is 44.2 Å². The second-order valence-electron chi connectivity index (χ2n) is 8.28. The number of piperazine rings is 1. The summed E-state index contributed by atoms with van der Waals surface area (Å²) in [5.41, 5.74) is 1.15. The summed E-state index contributed by atoms with van der Waals surface area (Å²) in [7, 11) is -3.49. The number of benzene rings is 2.